The van der Waals surface area contributed by atoms with Crippen molar-refractivity contribution in [3.8, 4) is 5.95 Å². The molecular weight excluding hydrogens is 1830 g/mol. The van der Waals surface area contributed by atoms with Gasteiger partial charge in [-0.2, -0.15) is 23.4 Å². The Labute approximate surface area is 673 Å². The highest BCUT2D eigenvalue weighted by Crippen LogP contribution is 2.34. The monoisotopic (exact) mass is 1910 g/mol. The summed E-state index contributed by atoms with van der Waals surface area (Å²) < 4.78 is 178. The molecule has 592 valence electrons. The summed E-state index contributed by atoms with van der Waals surface area (Å²) in [5, 5.41) is 16.0. The number of aliphatic hydroxyl groups excluding tert-OH is 1. The van der Waals surface area contributed by atoms with Crippen molar-refractivity contribution in [3.63, 3.8) is 0 Å². The van der Waals surface area contributed by atoms with Gasteiger partial charge in [0.1, 0.15) is 43.1 Å². The molecule has 0 radical (unpaired) electrons. The summed E-state index contributed by atoms with van der Waals surface area (Å²) in [5.74, 6) is -8.72. The number of benzene rings is 7. The number of ether oxygens (including phenoxy) is 4. The van der Waals surface area contributed by atoms with E-state index in [2.05, 4.69) is 29.9 Å². The Kier molecular flexibility index (Phi) is 32.9. The Morgan fingerprint density at radius 1 is 0.486 bits per heavy atom. The van der Waals surface area contributed by atoms with Gasteiger partial charge in [0.25, 0.3) is 10.1 Å². The number of hydrogen-bond acceptors (Lipinski definition) is 21. The number of unbranched alkanes of at least 4 members (excludes halogenated alkanes) is 5. The van der Waals surface area contributed by atoms with Gasteiger partial charge in [0.05, 0.1) is 91.1 Å². The number of anilines is 8. The van der Waals surface area contributed by atoms with E-state index in [4.69, 9.17) is 44.0 Å². The minimum Gasteiger partial charge on any atom is -0.394 e. The fourth-order valence-electron chi connectivity index (χ4n) is 11.3. The molecule has 0 aliphatic carbocycles. The van der Waals surface area contributed by atoms with Crippen LogP contribution in [0.15, 0.2) is 115 Å². The third kappa shape index (κ3) is 24.9. The number of aliphatic hydroxyl groups is 1. The second-order valence-corrected chi connectivity index (χ2v) is 30.2. The van der Waals surface area contributed by atoms with Crippen LogP contribution < -0.4 is 25.8 Å². The van der Waals surface area contributed by atoms with Crippen molar-refractivity contribution in [1.29, 1.82) is 0 Å². The number of morpholine rings is 1. The molecule has 2 aliphatic heterocycles. The van der Waals surface area contributed by atoms with Crippen molar-refractivity contribution in [2.75, 3.05) is 137 Å². The number of amides is 1. The summed E-state index contributed by atoms with van der Waals surface area (Å²) in [6.07, 6.45) is 6.62. The van der Waals surface area contributed by atoms with Gasteiger partial charge in [-0.15, -0.1) is 0 Å². The van der Waals surface area contributed by atoms with Crippen molar-refractivity contribution in [2.24, 2.45) is 0 Å². The quantitative estimate of drug-likeness (QED) is 0.00978. The standard InChI is InChI=1S/C42H47F3IN9O4.C17H15F3INO5S.C16H13F3INO3/c1-28-47-34-10-7-8-11-35(34)55(28)42-50-40(49-41(51-42)54-21-24-58-25-22-54)53-19-17-52(18-20-53)37(57)12-6-4-2-3-5-9-23-59-27-36(56)30-14-15-31(43)38(45)39(30)48-33-16-13-29(46)26-32(33)44;1-28(24,25)27-7-6-26-9-15(23)11-3-4-12(18)16(20)17(11)22-14-5-2-10(21)8-13(14)19;17-11-3-2-10(14(23)8-24-6-5-22)16(15(11)19)21-13-4-1-9(20)7-12(13)18/h7-8,10-11,13-16,26,48H,2-6,9,12,17-25,27H2,1H3;2-5,8,22H,6-7,9H2,1H3;1-4,7,21-22H,5-6,8H2. The average Bonchev–Trinajstić information content (AvgIpc) is 1.66. The molecule has 0 bridgehead atoms. The van der Waals surface area contributed by atoms with Crippen molar-refractivity contribution in [1.82, 2.24) is 29.4 Å². The molecule has 0 atom stereocenters. The van der Waals surface area contributed by atoms with Gasteiger partial charge in [0.15, 0.2) is 52.3 Å². The zero-order chi connectivity index (χ0) is 79.9. The normalized spacial score (nSPS) is 13.0. The summed E-state index contributed by atoms with van der Waals surface area (Å²) in [7, 11) is -3.64. The van der Waals surface area contributed by atoms with Crippen molar-refractivity contribution >= 4 is 158 Å². The van der Waals surface area contributed by atoms with E-state index in [1.165, 1.54) is 42.5 Å². The first kappa shape index (κ1) is 86.7. The van der Waals surface area contributed by atoms with Crippen LogP contribution in [0.5, 0.6) is 0 Å². The van der Waals surface area contributed by atoms with Crippen molar-refractivity contribution < 1.29 is 95.3 Å². The topological polar surface area (TPSA) is 271 Å². The van der Waals surface area contributed by atoms with E-state index in [-0.39, 0.29) is 72.7 Å². The number of para-hydroxylation sites is 2. The first-order valence-electron chi connectivity index (χ1n) is 34.6. The summed E-state index contributed by atoms with van der Waals surface area (Å²) in [6.45, 7) is 5.13. The first-order chi connectivity index (χ1) is 53.2. The van der Waals surface area contributed by atoms with Crippen LogP contribution in [0.25, 0.3) is 17.0 Å². The predicted octanol–water partition coefficient (Wildman–Crippen LogP) is 14.7. The van der Waals surface area contributed by atoms with Gasteiger partial charge in [0.2, 0.25) is 23.8 Å². The van der Waals surface area contributed by atoms with Gasteiger partial charge in [-0.1, -0.05) is 37.8 Å². The minimum atomic E-state index is -3.64. The number of aryl methyl sites for hydroxylation is 1. The first-order valence-corrected chi connectivity index (χ1v) is 39.7. The van der Waals surface area contributed by atoms with Crippen LogP contribution in [0, 0.1) is 70.0 Å². The number of piperazine rings is 1. The van der Waals surface area contributed by atoms with E-state index >= 15 is 0 Å². The molecule has 0 unspecified atom stereocenters. The average molecular weight is 1910 g/mol. The minimum absolute atomic E-state index is 0.0655. The summed E-state index contributed by atoms with van der Waals surface area (Å²) >= 11 is 5.74. The predicted molar refractivity (Wildman–Crippen MR) is 423 cm³/mol. The Balaban J connectivity index is 0.000000225. The van der Waals surface area contributed by atoms with Gasteiger partial charge in [-0.3, -0.25) is 27.9 Å². The fraction of sp³-hybridized carbons (Fsp3) is 0.333. The van der Waals surface area contributed by atoms with Crippen molar-refractivity contribution in [3.05, 3.63) is 201 Å². The molecule has 0 spiro atoms. The molecule has 7 aromatic carbocycles. The highest BCUT2D eigenvalue weighted by atomic mass is 127. The lowest BCUT2D eigenvalue weighted by Crippen LogP contribution is -2.49. The van der Waals surface area contributed by atoms with E-state index in [1.54, 1.807) is 18.2 Å². The largest absolute Gasteiger partial charge is 0.394 e. The summed E-state index contributed by atoms with van der Waals surface area (Å²) in [6, 6.07) is 26.2. The number of ketones is 3. The van der Waals surface area contributed by atoms with Gasteiger partial charge in [-0.05, 0) is 191 Å². The van der Waals surface area contributed by atoms with Crippen LogP contribution in [0.2, 0.25) is 0 Å². The van der Waals surface area contributed by atoms with Crippen LogP contribution in [-0.4, -0.2) is 178 Å². The number of imidazole rings is 1. The number of fused-ring (bicyclic) bond motifs is 1. The second kappa shape index (κ2) is 42.0. The highest BCUT2D eigenvalue weighted by molar-refractivity contribution is 14.1. The van der Waals surface area contributed by atoms with Gasteiger partial charge in [-0.25, -0.2) is 44.5 Å². The molecule has 0 saturated carbocycles. The fourth-order valence-corrected chi connectivity index (χ4v) is 13.0. The summed E-state index contributed by atoms with van der Waals surface area (Å²) in [4.78, 5) is 76.0. The molecule has 11 rings (SSSR count). The van der Waals surface area contributed by atoms with Crippen LogP contribution in [0.4, 0.5) is 85.5 Å². The maximum absolute atomic E-state index is 14.7. The Hall–Kier alpha value is -8.23. The van der Waals surface area contributed by atoms with Gasteiger partial charge >= 0.3 is 0 Å². The van der Waals surface area contributed by atoms with Gasteiger partial charge < -0.3 is 54.7 Å². The summed E-state index contributed by atoms with van der Waals surface area (Å²) in [5.41, 5.74) is -0.477. The molecule has 2 aromatic heterocycles. The molecule has 36 heteroatoms. The maximum atomic E-state index is 14.7. The maximum Gasteiger partial charge on any atom is 0.264 e. The molecule has 9 aromatic rings. The lowest BCUT2D eigenvalue weighted by Gasteiger charge is -2.35. The molecule has 1 amide bonds. The van der Waals surface area contributed by atoms with Crippen molar-refractivity contribution in [2.45, 2.75) is 51.9 Å². The number of rotatable bonds is 33. The smallest absolute Gasteiger partial charge is 0.264 e. The van der Waals surface area contributed by atoms with E-state index in [1.807, 2.05) is 108 Å². The molecular formula is C75H75F9I3N11O12S. The van der Waals surface area contributed by atoms with E-state index in [0.29, 0.717) is 94.1 Å². The number of nitrogens with one attached hydrogen (secondary N) is 3. The molecule has 4 heterocycles. The number of hydrogen-bond donors (Lipinski definition) is 4. The second-order valence-electron chi connectivity index (χ2n) is 24.8. The Morgan fingerprint density at radius 2 is 0.901 bits per heavy atom. The van der Waals surface area contributed by atoms with Crippen LogP contribution >= 0.6 is 67.8 Å². The van der Waals surface area contributed by atoms with E-state index < -0.39 is 110 Å². The van der Waals surface area contributed by atoms with Crippen LogP contribution in [0.1, 0.15) is 81.8 Å². The van der Waals surface area contributed by atoms with Gasteiger partial charge in [0, 0.05) is 79.7 Å². The number of carbonyl (C=O) groups is 4. The zero-order valence-electron chi connectivity index (χ0n) is 59.7. The lowest BCUT2D eigenvalue weighted by atomic mass is 10.1. The Bertz CT molecular complexity index is 4900. The number of nitrogens with zero attached hydrogens (tertiary/aromatic N) is 8. The SMILES string of the molecule is CS(=O)(=O)OCCOCC(=O)c1ccc(F)c(F)c1Nc1ccc(I)cc1F.Cc1nc2ccccc2n1-c1nc(N2CCOCC2)nc(N2CCN(C(=O)CCCCCCCCOCC(=O)c3ccc(F)c(F)c3Nc3ccc(I)cc3F)CC2)n1.O=C(COCCO)c1ccc(F)c(F)c1Nc1ccc(I)cc1F. The molecule has 2 saturated heterocycles. The molecule has 2 aliphatic rings. The molecule has 2 fully saturated rings. The lowest BCUT2D eigenvalue weighted by molar-refractivity contribution is -0.131. The van der Waals surface area contributed by atoms with Crippen LogP contribution in [-0.2, 0) is 38.0 Å². The number of aromatic nitrogens is 5. The third-order valence-electron chi connectivity index (χ3n) is 16.9. The number of Topliss-reactive ketones (excluding diaryl/α,β-unsaturated/α-hetero) is 3. The number of halogens is 12. The van der Waals surface area contributed by atoms with Crippen LogP contribution in [0.3, 0.4) is 0 Å². The number of carbonyl (C=O) groups excluding carboxylic acids is 4. The molecule has 111 heavy (non-hydrogen) atoms. The van der Waals surface area contributed by atoms with E-state index in [0.717, 1.165) is 92.0 Å². The highest BCUT2D eigenvalue weighted by Gasteiger charge is 2.29. The Morgan fingerprint density at radius 3 is 1.35 bits per heavy atom. The molecule has 4 N–H and O–H groups in total. The molecule has 23 nitrogen and oxygen atoms in total. The zero-order valence-corrected chi connectivity index (χ0v) is 67.0. The third-order valence-corrected chi connectivity index (χ3v) is 19.5. The van der Waals surface area contributed by atoms with E-state index in [9.17, 15) is 67.1 Å².